The molecule has 6 aromatic heterocycles. The summed E-state index contributed by atoms with van der Waals surface area (Å²) < 4.78 is 220. The molecule has 0 saturated heterocycles. The molecule has 0 saturated carbocycles. The first-order chi connectivity index (χ1) is 42.0. The van der Waals surface area contributed by atoms with Gasteiger partial charge >= 0.3 is 33.4 Å². The van der Waals surface area contributed by atoms with Gasteiger partial charge in [-0.1, -0.05) is 28.2 Å². The van der Waals surface area contributed by atoms with Crippen molar-refractivity contribution in [3.8, 4) is 33.8 Å². The van der Waals surface area contributed by atoms with E-state index in [1.807, 2.05) is 0 Å². The van der Waals surface area contributed by atoms with Crippen LogP contribution in [0.4, 0.5) is 56.6 Å². The molecule has 0 aromatic carbocycles. The van der Waals surface area contributed by atoms with Crippen molar-refractivity contribution in [3.63, 3.8) is 0 Å². The van der Waals surface area contributed by atoms with Crippen molar-refractivity contribution in [3.05, 3.63) is 96.7 Å². The molecule has 1 unspecified atom stereocenters. The van der Waals surface area contributed by atoms with Crippen molar-refractivity contribution >= 4 is 56.4 Å². The minimum absolute atomic E-state index is 0. The molecule has 83 heavy (non-hydrogen) atoms. The molecule has 6 bridgehead atoms. The van der Waals surface area contributed by atoms with Gasteiger partial charge < -0.3 is 25.2 Å². The molecule has 9 rings (SSSR count). The van der Waals surface area contributed by atoms with Crippen molar-refractivity contribution in [2.45, 2.75) is 109 Å². The number of halogens is 9. The number of carbonyl (C=O) groups excluding carboxylic acids is 4. The van der Waals surface area contributed by atoms with Crippen LogP contribution < -0.4 is 16.0 Å². The molecular weight excluding hydrogens is 1140 g/mol. The van der Waals surface area contributed by atoms with Gasteiger partial charge in [0.15, 0.2) is 11.5 Å². The summed E-state index contributed by atoms with van der Waals surface area (Å²) in [6.45, 7) is -3.07. The molecule has 4 atom stereocenters. The fourth-order valence-corrected chi connectivity index (χ4v) is 9.27. The standard InChI is InChI=1S/C20H17F9N4O4S.C16H20N4O2.C16H18N4O2.CH4/c1-10-4-3-5-14(37-38(35,36)20(28,29)18(23,24)17(21,22)19(25,26)27)12-8-11(6-7-30-12)15-13(32-16(10)34)9-31-33(15)2;2*1-10-4-3-5-14(21)12-8-11(6-7-17-12)15-13(19-16(10)22)9-18-20(15)2;/h5-10H,3-4H2,1-2H3,(H,32,34);6-10,14,21H,3-5H2,1-2H3,(H,19,22);6-10H,3-5H2,1-2H3,(H,19,22);1H4/b14-5+;;;/t10-;10-,14?;10-;/m111./s1/i3*2D3;. The number of aliphatic hydroxyl groups is 1. The molecule has 3 aliphatic heterocycles. The largest absolute Gasteiger partial charge is 0.460 e. The number of nitrogens with one attached hydrogen (secondary N) is 3. The molecule has 20 nitrogen and oxygen atoms in total. The number of hydrogen-bond donors (Lipinski definition) is 4. The van der Waals surface area contributed by atoms with Crippen LogP contribution >= 0.6 is 0 Å². The Morgan fingerprint density at radius 1 is 0.614 bits per heavy atom. The quantitative estimate of drug-likeness (QED) is 0.0925. The van der Waals surface area contributed by atoms with Gasteiger partial charge in [0.25, 0.3) is 0 Å². The average Bonchev–Trinajstić information content (AvgIpc) is 1.04. The van der Waals surface area contributed by atoms with Gasteiger partial charge in [0, 0.05) is 92.7 Å². The van der Waals surface area contributed by atoms with E-state index in [0.717, 1.165) is 33.9 Å². The van der Waals surface area contributed by atoms with Crippen LogP contribution in [0.15, 0.2) is 79.7 Å². The Morgan fingerprint density at radius 3 is 1.53 bits per heavy atom. The molecule has 0 radical (unpaired) electrons. The van der Waals surface area contributed by atoms with E-state index in [9.17, 15) is 72.2 Å². The van der Waals surface area contributed by atoms with E-state index in [1.165, 1.54) is 31.7 Å². The Balaban J connectivity index is 0.000000229. The van der Waals surface area contributed by atoms with Gasteiger partial charge in [-0.2, -0.15) is 63.2 Å². The molecule has 0 aliphatic carbocycles. The number of alkyl halides is 9. The van der Waals surface area contributed by atoms with E-state index in [4.69, 9.17) is 12.3 Å². The van der Waals surface area contributed by atoms with Gasteiger partial charge in [-0.25, -0.2) is 0 Å². The summed E-state index contributed by atoms with van der Waals surface area (Å²) in [5.41, 5.74) is 1.40. The molecule has 6 aromatic rings. The number of aryl methyl sites for hydroxylation is 3. The minimum Gasteiger partial charge on any atom is -0.387 e. The second-order valence-electron chi connectivity index (χ2n) is 19.1. The molecule has 0 fully saturated rings. The Bertz CT molecular complexity index is 3860. The Kier molecular flexibility index (Phi) is 15.8. The van der Waals surface area contributed by atoms with Gasteiger partial charge in [-0.3, -0.25) is 48.2 Å². The zero-order valence-corrected chi connectivity index (χ0v) is 43.9. The summed E-state index contributed by atoms with van der Waals surface area (Å²) in [5, 5.41) is 22.8. The summed E-state index contributed by atoms with van der Waals surface area (Å²) in [6.07, 6.45) is 2.64. The number of Topliss-reactive ketones (excluding diaryl/α,β-unsaturated/α-hetero) is 1. The van der Waals surface area contributed by atoms with E-state index in [2.05, 4.69) is 50.4 Å². The van der Waals surface area contributed by atoms with Gasteiger partial charge in [-0.15, -0.1) is 0 Å². The van der Waals surface area contributed by atoms with Crippen molar-refractivity contribution in [2.75, 3.05) is 16.0 Å². The Hall–Kier alpha value is -8.02. The summed E-state index contributed by atoms with van der Waals surface area (Å²) >= 11 is 0. The lowest BCUT2D eigenvalue weighted by Crippen LogP contribution is -2.63. The molecule has 448 valence electrons. The maximum atomic E-state index is 14.3. The van der Waals surface area contributed by atoms with Crippen LogP contribution in [0.2, 0.25) is 0 Å². The second-order valence-corrected chi connectivity index (χ2v) is 20.7. The van der Waals surface area contributed by atoms with Crippen molar-refractivity contribution in [2.24, 2.45) is 38.7 Å². The van der Waals surface area contributed by atoms with Crippen molar-refractivity contribution < 1.29 is 88.7 Å². The number of pyridine rings is 3. The zero-order chi connectivity index (χ0) is 67.8. The SMILES string of the molecule is C.[2H]C([2H])([2H])n1ncc2c1-c1ccnc(c1)/C(OS(=O)(=O)C(F)(F)C(F)(F)C(F)(F)C(F)(F)F)=C\CC[C@@H](C)C(=O)N2.[2H]C([2H])([2H])n1ncc2c1-c1ccnc(c1)C(=O)CCC[C@@H](C)C(=O)N2.[2H]C([2H])([2H])n1ncc2c1-c1ccnc(c1)C(O)CCC[C@@H](C)C(=O)N2. The van der Waals surface area contributed by atoms with Crippen LogP contribution in [0.25, 0.3) is 39.5 Å². The van der Waals surface area contributed by atoms with Crippen LogP contribution in [0, 0.1) is 17.8 Å². The highest BCUT2D eigenvalue weighted by molar-refractivity contribution is 7.88. The number of ketones is 1. The van der Waals surface area contributed by atoms with Crippen LogP contribution in [-0.4, -0.2) is 105 Å². The van der Waals surface area contributed by atoms with E-state index in [0.29, 0.717) is 77.5 Å². The Labute approximate surface area is 482 Å². The van der Waals surface area contributed by atoms with Crippen LogP contribution in [0.5, 0.6) is 0 Å². The summed E-state index contributed by atoms with van der Waals surface area (Å²) in [7, 11) is -7.32. The molecule has 4 N–H and O–H groups in total. The maximum Gasteiger partial charge on any atom is 0.460 e. The highest BCUT2D eigenvalue weighted by Crippen LogP contribution is 2.55. The minimum atomic E-state index is -7.54. The first-order valence-electron chi connectivity index (χ1n) is 29.1. The molecule has 3 aliphatic rings. The highest BCUT2D eigenvalue weighted by atomic mass is 32.2. The number of hydrogen-bond acceptors (Lipinski definition) is 14. The number of aromatic nitrogens is 9. The zero-order valence-electron chi connectivity index (χ0n) is 52.1. The number of amides is 3. The topological polar surface area (TPSA) is 260 Å². The van der Waals surface area contributed by atoms with Crippen LogP contribution in [0.3, 0.4) is 0 Å². The number of anilines is 3. The first kappa shape index (κ1) is 51.8. The van der Waals surface area contributed by atoms with Crippen LogP contribution in [-0.2, 0) is 49.6 Å². The number of fused-ring (bicyclic) bond motifs is 12. The summed E-state index contributed by atoms with van der Waals surface area (Å²) in [5.74, 6) is -19.1. The predicted molar refractivity (Wildman–Crippen MR) is 285 cm³/mol. The highest BCUT2D eigenvalue weighted by Gasteiger charge is 2.86. The number of rotatable bonds is 5. The lowest BCUT2D eigenvalue weighted by atomic mass is 9.98. The summed E-state index contributed by atoms with van der Waals surface area (Å²) in [4.78, 5) is 61.6. The Morgan fingerprint density at radius 2 is 1.05 bits per heavy atom. The van der Waals surface area contributed by atoms with Gasteiger partial charge in [0.2, 0.25) is 17.7 Å². The predicted octanol–water partition coefficient (Wildman–Crippen LogP) is 10.3. The van der Waals surface area contributed by atoms with Gasteiger partial charge in [-0.05, 0) is 87.4 Å². The molecule has 30 heteroatoms. The van der Waals surface area contributed by atoms with Gasteiger partial charge in [0.05, 0.1) is 64.5 Å². The number of allylic oxidation sites excluding steroid dienone is 1. The third-order valence-corrected chi connectivity index (χ3v) is 14.4. The lowest BCUT2D eigenvalue weighted by molar-refractivity contribution is -0.382. The van der Waals surface area contributed by atoms with E-state index in [1.54, 1.807) is 38.1 Å². The summed E-state index contributed by atoms with van der Waals surface area (Å²) in [6, 6.07) is 8.31. The monoisotopic (exact) mass is 1200 g/mol. The molecule has 9 heterocycles. The van der Waals surface area contributed by atoms with E-state index < -0.39 is 90.1 Å². The normalized spacial score (nSPS) is 21.8. The maximum absolute atomic E-state index is 14.3. The lowest BCUT2D eigenvalue weighted by Gasteiger charge is -2.32. The number of aliphatic hydroxyl groups excluding tert-OH is 1. The van der Waals surface area contributed by atoms with E-state index >= 15 is 0 Å². The second kappa shape index (κ2) is 25.2. The fourth-order valence-electron chi connectivity index (χ4n) is 8.33. The third kappa shape index (κ3) is 13.6. The van der Waals surface area contributed by atoms with Crippen LogP contribution in [0.1, 0.15) is 120 Å². The number of nitrogens with zero attached hydrogens (tertiary/aromatic N) is 9. The average molecular weight is 1200 g/mol. The van der Waals surface area contributed by atoms with Crippen molar-refractivity contribution in [1.82, 2.24) is 44.3 Å². The smallest absolute Gasteiger partial charge is 0.387 e. The molecular formula is C53H59F9N12O8S. The van der Waals surface area contributed by atoms with Crippen molar-refractivity contribution in [1.29, 1.82) is 0 Å². The molecule has 0 spiro atoms. The third-order valence-electron chi connectivity index (χ3n) is 13.1. The molecule has 3 amide bonds. The fraction of sp³-hybridized carbons (Fsp3) is 0.434. The first-order valence-corrected chi connectivity index (χ1v) is 26.0. The van der Waals surface area contributed by atoms with Gasteiger partial charge in [0.1, 0.15) is 11.4 Å². The van der Waals surface area contributed by atoms with E-state index in [-0.39, 0.29) is 77.3 Å². The number of carbonyl (C=O) groups is 4.